The number of aromatic nitrogens is 3. The number of nitrogens with zero attached hydrogens (tertiary/aromatic N) is 4. The first-order valence-corrected chi connectivity index (χ1v) is 9.03. The molecule has 0 aliphatic carbocycles. The topological polar surface area (TPSA) is 71.8 Å². The second kappa shape index (κ2) is 7.80. The SMILES string of the molecule is O=C(CN1CCOCC1)Nc1nc2ccc(-c3ccccc3C(F)(F)F)cn2n1. The van der Waals surface area contributed by atoms with Gasteiger partial charge in [0.25, 0.3) is 0 Å². The highest BCUT2D eigenvalue weighted by molar-refractivity contribution is 5.90. The van der Waals surface area contributed by atoms with Crippen LogP contribution in [0.3, 0.4) is 0 Å². The Morgan fingerprint density at radius 2 is 1.90 bits per heavy atom. The number of hydrogen-bond donors (Lipinski definition) is 1. The summed E-state index contributed by atoms with van der Waals surface area (Å²) in [6.45, 7) is 2.72. The van der Waals surface area contributed by atoms with E-state index in [2.05, 4.69) is 15.4 Å². The summed E-state index contributed by atoms with van der Waals surface area (Å²) in [5, 5.41) is 6.80. The Bertz CT molecular complexity index is 1030. The van der Waals surface area contributed by atoms with Crippen LogP contribution in [-0.4, -0.2) is 58.3 Å². The molecule has 29 heavy (non-hydrogen) atoms. The summed E-state index contributed by atoms with van der Waals surface area (Å²) in [7, 11) is 0. The maximum absolute atomic E-state index is 13.3. The highest BCUT2D eigenvalue weighted by Gasteiger charge is 2.33. The Balaban J connectivity index is 1.55. The molecule has 10 heteroatoms. The van der Waals surface area contributed by atoms with Crippen molar-refractivity contribution >= 4 is 17.5 Å². The molecule has 1 saturated heterocycles. The van der Waals surface area contributed by atoms with Gasteiger partial charge in [0, 0.05) is 24.8 Å². The smallest absolute Gasteiger partial charge is 0.379 e. The lowest BCUT2D eigenvalue weighted by molar-refractivity contribution is -0.137. The van der Waals surface area contributed by atoms with Crippen molar-refractivity contribution in [1.82, 2.24) is 19.5 Å². The van der Waals surface area contributed by atoms with E-state index in [0.29, 0.717) is 37.5 Å². The fourth-order valence-corrected chi connectivity index (χ4v) is 3.20. The number of alkyl halides is 3. The van der Waals surface area contributed by atoms with Crippen molar-refractivity contribution in [3.8, 4) is 11.1 Å². The predicted octanol–water partition coefficient (Wildman–Crippen LogP) is 2.69. The van der Waals surface area contributed by atoms with E-state index in [-0.39, 0.29) is 24.0 Å². The van der Waals surface area contributed by atoms with Gasteiger partial charge in [0.1, 0.15) is 0 Å². The molecule has 4 rings (SSSR count). The third kappa shape index (κ3) is 4.38. The lowest BCUT2D eigenvalue weighted by atomic mass is 10.0. The maximum atomic E-state index is 13.3. The van der Waals surface area contributed by atoms with E-state index in [1.807, 2.05) is 4.90 Å². The van der Waals surface area contributed by atoms with Gasteiger partial charge in [-0.15, -0.1) is 5.10 Å². The molecule has 1 aliphatic heterocycles. The summed E-state index contributed by atoms with van der Waals surface area (Å²) in [4.78, 5) is 18.4. The molecule has 0 saturated carbocycles. The van der Waals surface area contributed by atoms with Crippen molar-refractivity contribution in [2.75, 3.05) is 38.2 Å². The molecule has 3 aromatic rings. The molecule has 0 atom stereocenters. The Morgan fingerprint density at radius 1 is 1.14 bits per heavy atom. The number of carbonyl (C=O) groups is 1. The minimum absolute atomic E-state index is 0.0512. The summed E-state index contributed by atoms with van der Waals surface area (Å²) in [5.41, 5.74) is 0.0928. The molecule has 152 valence electrons. The van der Waals surface area contributed by atoms with Crippen LogP contribution in [0.15, 0.2) is 42.6 Å². The molecular weight excluding hydrogens is 387 g/mol. The highest BCUT2D eigenvalue weighted by Crippen LogP contribution is 2.36. The van der Waals surface area contributed by atoms with E-state index < -0.39 is 11.7 Å². The molecule has 1 fully saturated rings. The minimum Gasteiger partial charge on any atom is -0.379 e. The van der Waals surface area contributed by atoms with Crippen molar-refractivity contribution in [3.05, 3.63) is 48.2 Å². The number of anilines is 1. The number of fused-ring (bicyclic) bond motifs is 1. The number of nitrogens with one attached hydrogen (secondary N) is 1. The molecule has 1 aromatic carbocycles. The Hall–Kier alpha value is -2.98. The number of ether oxygens (including phenoxy) is 1. The van der Waals surface area contributed by atoms with E-state index in [9.17, 15) is 18.0 Å². The molecule has 1 amide bonds. The van der Waals surface area contributed by atoms with Gasteiger partial charge in [0.05, 0.1) is 25.3 Å². The predicted molar refractivity (Wildman–Crippen MR) is 99.3 cm³/mol. The van der Waals surface area contributed by atoms with Crippen LogP contribution >= 0.6 is 0 Å². The van der Waals surface area contributed by atoms with Gasteiger partial charge in [-0.25, -0.2) is 4.52 Å². The van der Waals surface area contributed by atoms with Crippen LogP contribution in [0.4, 0.5) is 19.1 Å². The number of rotatable bonds is 4. The quantitative estimate of drug-likeness (QED) is 0.723. The summed E-state index contributed by atoms with van der Waals surface area (Å²) >= 11 is 0. The molecule has 1 N–H and O–H groups in total. The fourth-order valence-electron chi connectivity index (χ4n) is 3.20. The van der Waals surface area contributed by atoms with E-state index >= 15 is 0 Å². The van der Waals surface area contributed by atoms with E-state index in [1.54, 1.807) is 18.2 Å². The molecule has 0 radical (unpaired) electrons. The van der Waals surface area contributed by atoms with E-state index in [1.165, 1.54) is 22.8 Å². The first-order chi connectivity index (χ1) is 13.9. The van der Waals surface area contributed by atoms with Gasteiger partial charge in [-0.3, -0.25) is 15.0 Å². The minimum atomic E-state index is -4.47. The Kier molecular flexibility index (Phi) is 5.20. The number of amides is 1. The molecule has 2 aromatic heterocycles. The number of benzene rings is 1. The first kappa shape index (κ1) is 19.3. The van der Waals surface area contributed by atoms with Gasteiger partial charge in [0.15, 0.2) is 5.65 Å². The second-order valence-corrected chi connectivity index (χ2v) is 6.64. The summed E-state index contributed by atoms with van der Waals surface area (Å²) in [6, 6.07) is 8.46. The summed E-state index contributed by atoms with van der Waals surface area (Å²) in [6.07, 6.45) is -3.00. The van der Waals surface area contributed by atoms with Crippen molar-refractivity contribution < 1.29 is 22.7 Å². The van der Waals surface area contributed by atoms with Crippen LogP contribution in [-0.2, 0) is 15.7 Å². The lowest BCUT2D eigenvalue weighted by Crippen LogP contribution is -2.41. The van der Waals surface area contributed by atoms with E-state index in [0.717, 1.165) is 6.07 Å². The van der Waals surface area contributed by atoms with Crippen molar-refractivity contribution in [1.29, 1.82) is 0 Å². The molecule has 0 bridgehead atoms. The monoisotopic (exact) mass is 405 g/mol. The largest absolute Gasteiger partial charge is 0.417 e. The molecule has 3 heterocycles. The van der Waals surface area contributed by atoms with Crippen LogP contribution in [0.5, 0.6) is 0 Å². The van der Waals surface area contributed by atoms with Gasteiger partial charge in [-0.1, -0.05) is 18.2 Å². The van der Waals surface area contributed by atoms with Gasteiger partial charge in [-0.05, 0) is 23.8 Å². The summed E-state index contributed by atoms with van der Waals surface area (Å²) < 4.78 is 46.5. The van der Waals surface area contributed by atoms with Crippen molar-refractivity contribution in [2.45, 2.75) is 6.18 Å². The van der Waals surface area contributed by atoms with Crippen molar-refractivity contribution in [3.63, 3.8) is 0 Å². The maximum Gasteiger partial charge on any atom is 0.417 e. The van der Waals surface area contributed by atoms with Crippen LogP contribution in [0, 0.1) is 0 Å². The Morgan fingerprint density at radius 3 is 2.66 bits per heavy atom. The van der Waals surface area contributed by atoms with Crippen LogP contribution in [0.1, 0.15) is 5.56 Å². The zero-order valence-corrected chi connectivity index (χ0v) is 15.3. The van der Waals surface area contributed by atoms with Gasteiger partial charge >= 0.3 is 6.18 Å². The average Bonchev–Trinajstić information content (AvgIpc) is 3.09. The summed E-state index contributed by atoms with van der Waals surface area (Å²) in [5.74, 6) is -0.157. The zero-order chi connectivity index (χ0) is 20.4. The zero-order valence-electron chi connectivity index (χ0n) is 15.3. The number of halogens is 3. The van der Waals surface area contributed by atoms with Crippen LogP contribution in [0.2, 0.25) is 0 Å². The Labute approximate surface area is 164 Å². The number of hydrogen-bond acceptors (Lipinski definition) is 5. The fraction of sp³-hybridized carbons (Fsp3) is 0.316. The standard InChI is InChI=1S/C19H18F3N5O2/c20-19(21,22)15-4-2-1-3-14(15)13-5-6-16-23-18(25-27(16)11-13)24-17(28)12-26-7-9-29-10-8-26/h1-6,11H,7-10,12H2,(H,24,25,28). The van der Waals surface area contributed by atoms with Crippen molar-refractivity contribution in [2.24, 2.45) is 0 Å². The molecule has 0 unspecified atom stereocenters. The van der Waals surface area contributed by atoms with Gasteiger partial charge in [-0.2, -0.15) is 18.2 Å². The number of carbonyl (C=O) groups excluding carboxylic acids is 1. The number of pyridine rings is 1. The second-order valence-electron chi connectivity index (χ2n) is 6.64. The van der Waals surface area contributed by atoms with Crippen LogP contribution in [0.25, 0.3) is 16.8 Å². The average molecular weight is 405 g/mol. The molecule has 1 aliphatic rings. The molecule has 7 nitrogen and oxygen atoms in total. The third-order valence-corrected chi connectivity index (χ3v) is 4.60. The van der Waals surface area contributed by atoms with Gasteiger partial charge in [0.2, 0.25) is 11.9 Å². The number of morpholine rings is 1. The van der Waals surface area contributed by atoms with Gasteiger partial charge < -0.3 is 4.74 Å². The first-order valence-electron chi connectivity index (χ1n) is 9.03. The normalized spacial score (nSPS) is 15.6. The van der Waals surface area contributed by atoms with Crippen LogP contribution < -0.4 is 5.32 Å². The highest BCUT2D eigenvalue weighted by atomic mass is 19.4. The molecular formula is C19H18F3N5O2. The third-order valence-electron chi connectivity index (χ3n) is 4.60. The lowest BCUT2D eigenvalue weighted by Gasteiger charge is -2.25. The molecule has 0 spiro atoms. The van der Waals surface area contributed by atoms with E-state index in [4.69, 9.17) is 4.74 Å².